The summed E-state index contributed by atoms with van der Waals surface area (Å²) in [6.45, 7) is 0. The monoisotopic (exact) mass is 519 g/mol. The molecule has 5 nitrogen and oxygen atoms in total. The van der Waals surface area contributed by atoms with Gasteiger partial charge in [0.25, 0.3) is 0 Å². The molecule has 8 rings (SSSR count). The summed E-state index contributed by atoms with van der Waals surface area (Å²) in [6, 6.07) is 23.2. The summed E-state index contributed by atoms with van der Waals surface area (Å²) in [5.74, 6) is 0.895. The fourth-order valence-corrected chi connectivity index (χ4v) is 5.92. The molecule has 1 atom stereocenters. The Labute approximate surface area is 231 Å². The molecule has 192 valence electrons. The molecule has 0 saturated heterocycles. The lowest BCUT2D eigenvalue weighted by molar-refractivity contribution is 0.605. The molecule has 3 aromatic heterocycles. The Morgan fingerprint density at radius 3 is 2.70 bits per heavy atom. The van der Waals surface area contributed by atoms with E-state index < -0.39 is 0 Å². The Morgan fingerprint density at radius 2 is 1.75 bits per heavy atom. The van der Waals surface area contributed by atoms with Crippen molar-refractivity contribution < 1.29 is 8.83 Å². The van der Waals surface area contributed by atoms with Crippen LogP contribution in [0.25, 0.3) is 50.8 Å². The van der Waals surface area contributed by atoms with Crippen LogP contribution in [0.1, 0.15) is 16.9 Å². The van der Waals surface area contributed by atoms with Gasteiger partial charge in [-0.25, -0.2) is 0 Å². The van der Waals surface area contributed by atoms with Crippen molar-refractivity contribution in [3.8, 4) is 0 Å². The number of benzene rings is 3. The molecule has 4 heterocycles. The molecular weight excluding hydrogens is 494 g/mol. The maximum Gasteiger partial charge on any atom is 0.151 e. The second-order valence-electron chi connectivity index (χ2n) is 10.1. The number of anilines is 3. The number of hydrogen-bond acceptors (Lipinski definition) is 5. The predicted octanol–water partition coefficient (Wildman–Crippen LogP) is 9.17. The largest absolute Gasteiger partial charge is 0.456 e. The molecule has 0 saturated carbocycles. The van der Waals surface area contributed by atoms with Crippen molar-refractivity contribution in [3.05, 3.63) is 126 Å². The van der Waals surface area contributed by atoms with Gasteiger partial charge in [0.05, 0.1) is 22.5 Å². The minimum atomic E-state index is 0.0983. The van der Waals surface area contributed by atoms with Gasteiger partial charge in [-0.1, -0.05) is 60.7 Å². The van der Waals surface area contributed by atoms with E-state index in [-0.39, 0.29) is 5.92 Å². The third-order valence-electron chi connectivity index (χ3n) is 7.74. The summed E-state index contributed by atoms with van der Waals surface area (Å²) in [7, 11) is 1.95. The number of allylic oxidation sites excluding steroid dienone is 5. The first-order valence-corrected chi connectivity index (χ1v) is 13.4. The number of rotatable bonds is 2. The van der Waals surface area contributed by atoms with Crippen molar-refractivity contribution in [2.75, 3.05) is 17.3 Å². The normalized spacial score (nSPS) is 17.0. The Hall–Kier alpha value is -5.29. The molecule has 5 heteroatoms. The van der Waals surface area contributed by atoms with Gasteiger partial charge in [0.15, 0.2) is 5.76 Å². The molecule has 3 aromatic carbocycles. The van der Waals surface area contributed by atoms with Crippen LogP contribution in [0.2, 0.25) is 0 Å². The molecule has 0 radical (unpaired) electrons. The van der Waals surface area contributed by atoms with Crippen LogP contribution in [0, 0.1) is 5.92 Å². The highest BCUT2D eigenvalue weighted by atomic mass is 16.3. The second kappa shape index (κ2) is 8.89. The number of fused-ring (bicyclic) bond motifs is 7. The zero-order valence-electron chi connectivity index (χ0n) is 21.8. The molecule has 0 spiro atoms. The molecule has 2 aliphatic rings. The fourth-order valence-electron chi connectivity index (χ4n) is 5.92. The van der Waals surface area contributed by atoms with Crippen LogP contribution < -0.4 is 10.2 Å². The van der Waals surface area contributed by atoms with Crippen LogP contribution in [0.15, 0.2) is 118 Å². The average Bonchev–Trinajstić information content (AvgIpc) is 3.48. The van der Waals surface area contributed by atoms with Gasteiger partial charge in [0, 0.05) is 47.4 Å². The van der Waals surface area contributed by atoms with E-state index in [1.54, 1.807) is 6.20 Å². The van der Waals surface area contributed by atoms with Crippen LogP contribution in [0.4, 0.5) is 17.1 Å². The van der Waals surface area contributed by atoms with Crippen molar-refractivity contribution in [1.82, 2.24) is 4.98 Å². The standard InChI is InChI=1S/C35H25N3O2/c1-36-35-33-11-5-2-7-22-13-14-23-8-3-4-9-25(23)29(19-22)38(28-10-6-12-32(40-33)34(28)35)24-15-16-30-26(20-24)27-21-37-18-17-31(27)39-30/h2-22,36H,1H3/b7-2+,11-5?. The van der Waals surface area contributed by atoms with E-state index in [4.69, 9.17) is 8.83 Å². The smallest absolute Gasteiger partial charge is 0.151 e. The third kappa shape index (κ3) is 3.45. The number of hydrogen-bond donors (Lipinski definition) is 1. The van der Waals surface area contributed by atoms with Gasteiger partial charge in [0.2, 0.25) is 0 Å². The highest BCUT2D eigenvalue weighted by Crippen LogP contribution is 2.46. The first-order valence-electron chi connectivity index (χ1n) is 13.4. The van der Waals surface area contributed by atoms with Crippen LogP contribution in [-0.2, 0) is 0 Å². The van der Waals surface area contributed by atoms with Crippen LogP contribution in [0.3, 0.4) is 0 Å². The summed E-state index contributed by atoms with van der Waals surface area (Å²) in [5, 5.41) is 6.47. The highest BCUT2D eigenvalue weighted by molar-refractivity contribution is 6.11. The van der Waals surface area contributed by atoms with Gasteiger partial charge < -0.3 is 19.1 Å². The molecule has 1 N–H and O–H groups in total. The van der Waals surface area contributed by atoms with E-state index >= 15 is 0 Å². The zero-order valence-corrected chi connectivity index (χ0v) is 21.8. The topological polar surface area (TPSA) is 54.4 Å². The van der Waals surface area contributed by atoms with Crippen LogP contribution in [0.5, 0.6) is 0 Å². The molecule has 0 fully saturated rings. The van der Waals surface area contributed by atoms with Gasteiger partial charge in [-0.3, -0.25) is 4.98 Å². The molecule has 0 amide bonds. The van der Waals surface area contributed by atoms with Crippen molar-refractivity contribution >= 4 is 67.8 Å². The second-order valence-corrected chi connectivity index (χ2v) is 10.1. The van der Waals surface area contributed by atoms with Gasteiger partial charge in [-0.15, -0.1) is 0 Å². The van der Waals surface area contributed by atoms with Crippen molar-refractivity contribution in [2.45, 2.75) is 0 Å². The van der Waals surface area contributed by atoms with Crippen LogP contribution >= 0.6 is 0 Å². The van der Waals surface area contributed by atoms with Gasteiger partial charge >= 0.3 is 0 Å². The first-order chi connectivity index (χ1) is 19.8. The fraction of sp³-hybridized carbons (Fsp3) is 0.0571. The van der Waals surface area contributed by atoms with E-state index in [9.17, 15) is 0 Å². The molecule has 6 aromatic rings. The van der Waals surface area contributed by atoms with Crippen LogP contribution in [-0.4, -0.2) is 12.0 Å². The molecular formula is C35H25N3O2. The molecule has 4 bridgehead atoms. The maximum absolute atomic E-state index is 6.38. The Kier molecular flexibility index (Phi) is 5.04. The molecule has 40 heavy (non-hydrogen) atoms. The lowest BCUT2D eigenvalue weighted by Crippen LogP contribution is -2.17. The zero-order chi connectivity index (χ0) is 26.6. The number of nitrogens with one attached hydrogen (secondary N) is 1. The highest BCUT2D eigenvalue weighted by Gasteiger charge is 2.26. The maximum atomic E-state index is 6.38. The minimum absolute atomic E-state index is 0.0983. The number of nitrogens with zero attached hydrogens (tertiary/aromatic N) is 2. The van der Waals surface area contributed by atoms with Gasteiger partial charge in [-0.2, -0.15) is 0 Å². The van der Waals surface area contributed by atoms with E-state index in [2.05, 4.69) is 100 Å². The van der Waals surface area contributed by atoms with E-state index in [0.29, 0.717) is 0 Å². The number of pyridine rings is 1. The number of aromatic nitrogens is 1. The van der Waals surface area contributed by atoms with E-state index in [1.807, 2.05) is 37.5 Å². The molecule has 1 aliphatic carbocycles. The van der Waals surface area contributed by atoms with Crippen molar-refractivity contribution in [1.29, 1.82) is 0 Å². The Morgan fingerprint density at radius 1 is 0.825 bits per heavy atom. The minimum Gasteiger partial charge on any atom is -0.456 e. The van der Waals surface area contributed by atoms with Gasteiger partial charge in [0.1, 0.15) is 16.7 Å². The predicted molar refractivity (Wildman–Crippen MR) is 165 cm³/mol. The van der Waals surface area contributed by atoms with E-state index in [1.165, 1.54) is 5.56 Å². The summed E-state index contributed by atoms with van der Waals surface area (Å²) in [5.41, 5.74) is 8.93. The van der Waals surface area contributed by atoms with Gasteiger partial charge in [-0.05, 0) is 54.1 Å². The lowest BCUT2D eigenvalue weighted by atomic mass is 10.00. The van der Waals surface area contributed by atoms with Crippen molar-refractivity contribution in [3.63, 3.8) is 0 Å². The summed E-state index contributed by atoms with van der Waals surface area (Å²) in [6.07, 6.45) is 18.8. The Balaban J connectivity index is 1.50. The first kappa shape index (κ1) is 22.7. The van der Waals surface area contributed by atoms with E-state index in [0.717, 1.165) is 67.0 Å². The quantitative estimate of drug-likeness (QED) is 0.247. The average molecular weight is 520 g/mol. The summed E-state index contributed by atoms with van der Waals surface area (Å²) >= 11 is 0. The SMILES string of the molecule is CNc1c2oc3cccc(c13)N(c1ccc3oc4ccncc4c3c1)C1=CC(C=Cc3ccccc31)/C=C/C=C2. The number of furan rings is 2. The Bertz CT molecular complexity index is 2070. The third-order valence-corrected chi connectivity index (χ3v) is 7.74. The molecule has 1 aliphatic heterocycles. The molecule has 1 unspecified atom stereocenters. The van der Waals surface area contributed by atoms with Crippen molar-refractivity contribution in [2.24, 2.45) is 5.92 Å². The summed E-state index contributed by atoms with van der Waals surface area (Å²) in [4.78, 5) is 6.73. The summed E-state index contributed by atoms with van der Waals surface area (Å²) < 4.78 is 12.5. The lowest BCUT2D eigenvalue weighted by Gasteiger charge is -2.30.